The lowest BCUT2D eigenvalue weighted by atomic mass is 9.78. The van der Waals surface area contributed by atoms with Gasteiger partial charge in [-0.15, -0.1) is 0 Å². The highest BCUT2D eigenvalue weighted by molar-refractivity contribution is 9.09. The zero-order valence-electron chi connectivity index (χ0n) is 52.9. The van der Waals surface area contributed by atoms with Gasteiger partial charge in [-0.2, -0.15) is 13.2 Å². The fourth-order valence-electron chi connectivity index (χ4n) is 11.6. The first-order valence-corrected chi connectivity index (χ1v) is 33.0. The van der Waals surface area contributed by atoms with Gasteiger partial charge in [0.1, 0.15) is 47.1 Å². The molecular formula is C65H87Br2ClF3N5O14. The Bertz CT molecular complexity index is 3020. The van der Waals surface area contributed by atoms with Gasteiger partial charge in [0.05, 0.1) is 46.8 Å². The minimum absolute atomic E-state index is 0.00169. The van der Waals surface area contributed by atoms with Crippen molar-refractivity contribution < 1.29 is 80.4 Å². The summed E-state index contributed by atoms with van der Waals surface area (Å²) in [5, 5.41) is 18.6. The van der Waals surface area contributed by atoms with Crippen LogP contribution in [0.5, 0.6) is 0 Å². The highest BCUT2D eigenvalue weighted by atomic mass is 79.9. The molecule has 2 aromatic rings. The van der Waals surface area contributed by atoms with Crippen LogP contribution in [0.4, 0.5) is 23.7 Å². The fraction of sp³-hybridized carbons (Fsp3) is 0.615. The maximum atomic E-state index is 15.2. The maximum Gasteiger partial charge on any atom is 0.417 e. The normalized spacial score (nSPS) is 24.1. The summed E-state index contributed by atoms with van der Waals surface area (Å²) in [5.41, 5.74) is 2.28. The number of unbranched alkanes of at least 4 members (excludes halogenated alkanes) is 3. The Morgan fingerprint density at radius 3 is 2.27 bits per heavy atom. The highest BCUT2D eigenvalue weighted by Gasteiger charge is 2.64. The molecule has 498 valence electrons. The number of anilines is 1. The summed E-state index contributed by atoms with van der Waals surface area (Å²) in [6, 6.07) is 2.59. The first-order chi connectivity index (χ1) is 42.2. The molecule has 10 atom stereocenters. The van der Waals surface area contributed by atoms with E-state index < -0.39 is 131 Å². The van der Waals surface area contributed by atoms with Crippen LogP contribution in [-0.4, -0.2) is 149 Å². The lowest BCUT2D eigenvalue weighted by Gasteiger charge is -2.41. The van der Waals surface area contributed by atoms with E-state index in [0.717, 1.165) is 41.6 Å². The molecule has 5 amide bonds. The van der Waals surface area contributed by atoms with Crippen LogP contribution in [0.25, 0.3) is 0 Å². The van der Waals surface area contributed by atoms with E-state index in [1.807, 2.05) is 19.1 Å². The number of benzene rings is 2. The molecule has 0 spiro atoms. The summed E-state index contributed by atoms with van der Waals surface area (Å²) in [7, 11) is 4.01. The van der Waals surface area contributed by atoms with Crippen LogP contribution in [0.1, 0.15) is 151 Å². The summed E-state index contributed by atoms with van der Waals surface area (Å²) >= 11 is 13.5. The molecule has 3 aliphatic rings. The number of rotatable bonds is 27. The number of carbonyl (C=O) groups is 9. The molecule has 2 saturated heterocycles. The molecule has 90 heavy (non-hydrogen) atoms. The number of amides is 5. The molecule has 0 unspecified atom stereocenters. The third-order valence-corrected chi connectivity index (χ3v) is 19.5. The Morgan fingerprint density at radius 2 is 1.64 bits per heavy atom. The maximum absolute atomic E-state index is 15.2. The number of carbonyl (C=O) groups excluding carboxylic acids is 9. The molecule has 3 aliphatic heterocycles. The summed E-state index contributed by atoms with van der Waals surface area (Å²) < 4.78 is 69.4. The number of alkyl halides is 5. The smallest absolute Gasteiger partial charge is 0.417 e. The number of nitrogens with one attached hydrogen (secondary N) is 2. The second-order valence-corrected chi connectivity index (χ2v) is 26.4. The summed E-state index contributed by atoms with van der Waals surface area (Å²) in [6.45, 7) is 11.7. The molecule has 25 heteroatoms. The summed E-state index contributed by atoms with van der Waals surface area (Å²) in [5.74, 6) is -7.01. The molecule has 2 aromatic carbocycles. The number of hydrogen-bond acceptors (Lipinski definition) is 14. The Morgan fingerprint density at radius 1 is 0.978 bits per heavy atom. The number of aliphatic hydroxyl groups is 1. The van der Waals surface area contributed by atoms with E-state index in [9.17, 15) is 48.3 Å². The van der Waals surface area contributed by atoms with Crippen molar-refractivity contribution in [3.63, 3.8) is 0 Å². The number of Topliss-reactive ketones (excluding diaryl/α,β-unsaturated/α-hetero) is 3. The van der Waals surface area contributed by atoms with Gasteiger partial charge in [0.25, 0.3) is 5.91 Å². The Hall–Kier alpha value is -5.53. The number of ketones is 3. The van der Waals surface area contributed by atoms with Gasteiger partial charge in [-0.1, -0.05) is 113 Å². The molecule has 4 bridgehead atoms. The summed E-state index contributed by atoms with van der Waals surface area (Å²) in [6.07, 6.45) is -2.10. The average Bonchev–Trinajstić information content (AvgIpc) is 1.56. The van der Waals surface area contributed by atoms with Crippen LogP contribution in [0.2, 0.25) is 5.02 Å². The third kappa shape index (κ3) is 20.2. The first kappa shape index (κ1) is 75.2. The van der Waals surface area contributed by atoms with Gasteiger partial charge in [-0.05, 0) is 101 Å². The van der Waals surface area contributed by atoms with Crippen molar-refractivity contribution in [3.05, 3.63) is 87.0 Å². The number of esters is 2. The second-order valence-electron chi connectivity index (χ2n) is 24.7. The number of fused-ring (bicyclic) bond motifs is 5. The zero-order valence-corrected chi connectivity index (χ0v) is 56.8. The van der Waals surface area contributed by atoms with Crippen LogP contribution in [0, 0.1) is 30.6 Å². The molecule has 19 nitrogen and oxygen atoms in total. The Balaban J connectivity index is 1.36. The topological polar surface area (TPSA) is 271 Å². The third-order valence-electron chi connectivity index (χ3n) is 17.4. The van der Waals surface area contributed by atoms with Crippen LogP contribution in [-0.2, 0) is 71.5 Å². The van der Waals surface area contributed by atoms with E-state index in [1.165, 1.54) is 26.0 Å². The van der Waals surface area contributed by atoms with Crippen molar-refractivity contribution in [2.24, 2.45) is 29.4 Å². The largest absolute Gasteiger partial charge is 0.462 e. The van der Waals surface area contributed by atoms with Gasteiger partial charge >= 0.3 is 24.1 Å². The van der Waals surface area contributed by atoms with Gasteiger partial charge in [-0.3, -0.25) is 33.6 Å². The van der Waals surface area contributed by atoms with Gasteiger partial charge in [0.2, 0.25) is 11.8 Å². The minimum atomic E-state index is -5.18. The highest BCUT2D eigenvalue weighted by Crippen LogP contribution is 2.50. The first-order valence-electron chi connectivity index (χ1n) is 30.4. The number of nitrogens with two attached hydrogens (primary N) is 1. The fourth-order valence-corrected chi connectivity index (χ4v) is 13.6. The van der Waals surface area contributed by atoms with Crippen molar-refractivity contribution >= 4 is 102 Å². The molecule has 0 radical (unpaired) electrons. The van der Waals surface area contributed by atoms with Crippen LogP contribution in [0.15, 0.2) is 54.1 Å². The van der Waals surface area contributed by atoms with Crippen molar-refractivity contribution in [1.29, 1.82) is 0 Å². The number of halogens is 6. The number of methoxy groups -OCH3 is 1. The second kappa shape index (κ2) is 33.4. The molecule has 5 N–H and O–H groups in total. The lowest BCUT2D eigenvalue weighted by Crippen LogP contribution is -2.53. The molecule has 0 saturated carbocycles. The van der Waals surface area contributed by atoms with Crippen LogP contribution < -0.4 is 21.3 Å². The van der Waals surface area contributed by atoms with Gasteiger partial charge in [0.15, 0.2) is 5.78 Å². The van der Waals surface area contributed by atoms with Crippen LogP contribution >= 0.6 is 43.5 Å². The quantitative estimate of drug-likeness (QED) is 0.0281. The minimum Gasteiger partial charge on any atom is -0.462 e. The van der Waals surface area contributed by atoms with E-state index in [2.05, 4.69) is 42.5 Å². The molecule has 3 heterocycles. The molecular weight excluding hydrogens is 1330 g/mol. The number of ether oxygens (including phenoxy) is 4. The number of nitrogens with zero attached hydrogens (tertiary/aromatic N) is 2. The van der Waals surface area contributed by atoms with Gasteiger partial charge in [-0.25, -0.2) is 9.59 Å². The number of hydrogen-bond donors (Lipinski definition) is 4. The Labute approximate surface area is 547 Å². The zero-order chi connectivity index (χ0) is 67.2. The molecule has 0 aromatic heterocycles. The number of primary amides is 1. The predicted molar refractivity (Wildman–Crippen MR) is 340 cm³/mol. The van der Waals surface area contributed by atoms with E-state index in [4.69, 9.17) is 36.3 Å². The molecule has 5 rings (SSSR count). The lowest BCUT2D eigenvalue weighted by molar-refractivity contribution is -0.187. The van der Waals surface area contributed by atoms with E-state index in [1.54, 1.807) is 52.8 Å². The number of urea groups is 1. The number of likely N-dealkylation sites (N-methyl/N-ethyl adjacent to an activating group) is 1. The molecule has 2 fully saturated rings. The Kier molecular flexibility index (Phi) is 27.9. The van der Waals surface area contributed by atoms with Crippen molar-refractivity contribution in [1.82, 2.24) is 15.5 Å². The molecule has 0 aliphatic carbocycles. The SMILES string of the molecule is CO[C@@H]1/C=C/C=C(\C)Cc2cc(C)c(Cl)c(c2)N(C)C(=O)C[C@H](OC(=O)[C@H](C)N(C)C(=O)c2ccc(CC(=O)[C@H](CCCNC(N)=O)NC(=O)[C@@H](CC(=O)CCCCCCC(=O)C(CBr)CBr)C(C)C)cc2C(F)(F)F)[C@]2(C)O[C@H]2[C@H](C)[C@@H]2C[C@@]1(O)CC(=O)O2. The van der Waals surface area contributed by atoms with E-state index >= 15 is 13.2 Å². The van der Waals surface area contributed by atoms with Gasteiger partial charge < -0.3 is 50.2 Å². The predicted octanol–water partition coefficient (Wildman–Crippen LogP) is 9.99. The number of epoxide rings is 1. The van der Waals surface area contributed by atoms with E-state index in [0.29, 0.717) is 60.1 Å². The average molecular weight is 1410 g/mol. The van der Waals surface area contributed by atoms with Crippen molar-refractivity contribution in [2.45, 2.75) is 192 Å². The van der Waals surface area contributed by atoms with Crippen LogP contribution in [0.3, 0.4) is 0 Å². The van der Waals surface area contributed by atoms with Gasteiger partial charge in [0, 0.05) is 88.3 Å². The number of allylic oxidation sites excluding steroid dienone is 3. The summed E-state index contributed by atoms with van der Waals surface area (Å²) in [4.78, 5) is 124. The van der Waals surface area contributed by atoms with Crippen molar-refractivity contribution in [3.8, 4) is 0 Å². The monoisotopic (exact) mass is 1410 g/mol. The standard InChI is InChI=1S/C65H87Br2ClF3N5O14/c1-36(2)46(30-44(77)18-13-11-12-14-20-50(78)43(34-66)35-67)59(82)74-48(19-16-24-73-62(72)85)51(79)29-41-22-23-45(47(27-41)65(69,70)71)60(83)75(8)40(6)61(84)89-54-31-55(80)76(9)49-28-42(26-38(4)57(49)68)25-37(3)17-15-21-53(87-10)64(86)32-52(88-56(81)33-64)39(5)58-63(54,7)90-58/h15,17,21-23,26-28,36,39-40,43,46,48,52-54,58,86H,11-14,16,18-20,24-25,29-35H2,1-10H3,(H,74,82)(H3,72,73,85)/b21-15+,37-17+/t39-,40+,46+,48+,52+,53-,54+,58+,63+,64-/m1/s1. The number of aryl methyl sites for hydroxylation is 1. The van der Waals surface area contributed by atoms with E-state index in [-0.39, 0.29) is 79.1 Å². The van der Waals surface area contributed by atoms with Crippen molar-refractivity contribution in [2.75, 3.05) is 43.3 Å².